The molecule has 1 fully saturated rings. The van der Waals surface area contributed by atoms with Crippen LogP contribution in [0.3, 0.4) is 0 Å². The molecule has 1 saturated heterocycles. The summed E-state index contributed by atoms with van der Waals surface area (Å²) in [5, 5.41) is 4.23. The third-order valence-corrected chi connectivity index (χ3v) is 4.24. The number of likely N-dealkylation sites (tertiary alicyclic amines) is 1. The number of hydrogen-bond acceptors (Lipinski definition) is 3. The van der Waals surface area contributed by atoms with E-state index in [1.54, 1.807) is 30.5 Å². The molecule has 6 nitrogen and oxygen atoms in total. The molecule has 2 amide bonds. The van der Waals surface area contributed by atoms with E-state index in [0.717, 1.165) is 25.8 Å². The first-order valence-electron chi connectivity index (χ1n) is 7.83. The van der Waals surface area contributed by atoms with Gasteiger partial charge in [-0.05, 0) is 43.5 Å². The van der Waals surface area contributed by atoms with Crippen LogP contribution >= 0.6 is 0 Å². The van der Waals surface area contributed by atoms with Crippen LogP contribution in [0.5, 0.6) is 0 Å². The Kier molecular flexibility index (Phi) is 4.41. The third-order valence-electron chi connectivity index (χ3n) is 4.24. The summed E-state index contributed by atoms with van der Waals surface area (Å²) in [4.78, 5) is 26.1. The van der Waals surface area contributed by atoms with E-state index in [2.05, 4.69) is 5.10 Å². The molecule has 1 aliphatic rings. The number of primary amides is 1. The molecule has 0 spiro atoms. The minimum atomic E-state index is -0.522. The molecule has 1 atom stereocenters. The summed E-state index contributed by atoms with van der Waals surface area (Å²) in [5.41, 5.74) is 6.17. The average Bonchev–Trinajstić information content (AvgIpc) is 3.08. The van der Waals surface area contributed by atoms with Crippen molar-refractivity contribution < 1.29 is 9.59 Å². The van der Waals surface area contributed by atoms with Crippen LogP contribution in [-0.2, 0) is 6.54 Å². The number of hydrogen-bond donors (Lipinski definition) is 1. The Balaban J connectivity index is 1.80. The monoisotopic (exact) mass is 312 g/mol. The van der Waals surface area contributed by atoms with Gasteiger partial charge in [-0.3, -0.25) is 14.3 Å². The zero-order valence-corrected chi connectivity index (χ0v) is 12.9. The van der Waals surface area contributed by atoms with Gasteiger partial charge >= 0.3 is 0 Å². The average molecular weight is 312 g/mol. The van der Waals surface area contributed by atoms with Gasteiger partial charge in [0.05, 0.1) is 12.6 Å². The molecule has 3 rings (SSSR count). The van der Waals surface area contributed by atoms with Gasteiger partial charge in [0.2, 0.25) is 5.91 Å². The van der Waals surface area contributed by atoms with Crippen molar-refractivity contribution in [1.82, 2.24) is 14.7 Å². The summed E-state index contributed by atoms with van der Waals surface area (Å²) in [6, 6.07) is 8.62. The Bertz CT molecular complexity index is 696. The van der Waals surface area contributed by atoms with Crippen molar-refractivity contribution in [1.29, 1.82) is 0 Å². The van der Waals surface area contributed by atoms with Gasteiger partial charge in [0.15, 0.2) is 0 Å². The minimum Gasteiger partial charge on any atom is -0.366 e. The Morgan fingerprint density at radius 2 is 2.04 bits per heavy atom. The number of carbonyl (C=O) groups excluding carboxylic acids is 2. The quantitative estimate of drug-likeness (QED) is 0.932. The minimum absolute atomic E-state index is 0.0510. The molecule has 1 aromatic heterocycles. The van der Waals surface area contributed by atoms with E-state index >= 15 is 0 Å². The summed E-state index contributed by atoms with van der Waals surface area (Å²) < 4.78 is 1.86. The zero-order chi connectivity index (χ0) is 16.2. The van der Waals surface area contributed by atoms with Crippen molar-refractivity contribution in [2.45, 2.75) is 31.8 Å². The van der Waals surface area contributed by atoms with E-state index < -0.39 is 5.91 Å². The number of aromatic nitrogens is 2. The highest BCUT2D eigenvalue weighted by Crippen LogP contribution is 2.21. The van der Waals surface area contributed by atoms with Crippen LogP contribution in [0, 0.1) is 0 Å². The Morgan fingerprint density at radius 1 is 1.22 bits per heavy atom. The van der Waals surface area contributed by atoms with Gasteiger partial charge in [0.25, 0.3) is 5.91 Å². The number of nitrogens with two attached hydrogens (primary N) is 1. The highest BCUT2D eigenvalue weighted by atomic mass is 16.2. The first-order chi connectivity index (χ1) is 11.1. The van der Waals surface area contributed by atoms with Crippen molar-refractivity contribution in [3.05, 3.63) is 53.9 Å². The maximum absolute atomic E-state index is 12.9. The van der Waals surface area contributed by atoms with Crippen molar-refractivity contribution >= 4 is 11.8 Å². The van der Waals surface area contributed by atoms with Gasteiger partial charge in [-0.2, -0.15) is 5.10 Å². The molecule has 2 heterocycles. The number of benzene rings is 1. The molecule has 2 aromatic rings. The number of rotatable bonds is 4. The predicted molar refractivity (Wildman–Crippen MR) is 85.9 cm³/mol. The summed E-state index contributed by atoms with van der Waals surface area (Å²) in [5.74, 6) is -0.573. The van der Waals surface area contributed by atoms with Crippen molar-refractivity contribution in [3.8, 4) is 0 Å². The van der Waals surface area contributed by atoms with Gasteiger partial charge in [-0.15, -0.1) is 0 Å². The van der Waals surface area contributed by atoms with E-state index in [1.807, 2.05) is 21.8 Å². The van der Waals surface area contributed by atoms with Crippen molar-refractivity contribution in [2.75, 3.05) is 6.54 Å². The maximum atomic E-state index is 12.9. The van der Waals surface area contributed by atoms with Gasteiger partial charge in [-0.1, -0.05) is 6.07 Å². The number of nitrogens with zero attached hydrogens (tertiary/aromatic N) is 3. The molecule has 6 heteroatoms. The normalized spacial score (nSPS) is 17.9. The summed E-state index contributed by atoms with van der Waals surface area (Å²) in [6.07, 6.45) is 6.71. The molecule has 0 unspecified atom stereocenters. The molecule has 1 aliphatic heterocycles. The molecular formula is C17H20N4O2. The zero-order valence-electron chi connectivity index (χ0n) is 12.9. The van der Waals surface area contributed by atoms with Crippen LogP contribution < -0.4 is 5.73 Å². The molecule has 0 bridgehead atoms. The lowest BCUT2D eigenvalue weighted by Crippen LogP contribution is -2.46. The first-order valence-corrected chi connectivity index (χ1v) is 7.83. The molecule has 0 aliphatic carbocycles. The second kappa shape index (κ2) is 6.64. The van der Waals surface area contributed by atoms with Crippen molar-refractivity contribution in [2.24, 2.45) is 5.73 Å². The number of piperidine rings is 1. The summed E-state index contributed by atoms with van der Waals surface area (Å²) >= 11 is 0. The SMILES string of the molecule is NC(=O)c1cccc(C(=O)N2CCCC[C@@H]2Cn2cccn2)c1. The Labute approximate surface area is 134 Å². The number of carbonyl (C=O) groups is 2. The van der Waals surface area contributed by atoms with Gasteiger partial charge in [-0.25, -0.2) is 0 Å². The molecular weight excluding hydrogens is 292 g/mol. The van der Waals surface area contributed by atoms with Crippen LogP contribution in [0.1, 0.15) is 40.0 Å². The second-order valence-corrected chi connectivity index (χ2v) is 5.82. The first kappa shape index (κ1) is 15.3. The van der Waals surface area contributed by atoms with E-state index in [0.29, 0.717) is 17.7 Å². The fourth-order valence-corrected chi connectivity index (χ4v) is 3.05. The van der Waals surface area contributed by atoms with Gasteiger partial charge < -0.3 is 10.6 Å². The highest BCUT2D eigenvalue weighted by molar-refractivity contribution is 5.99. The predicted octanol–water partition coefficient (Wildman–Crippen LogP) is 1.68. The summed E-state index contributed by atoms with van der Waals surface area (Å²) in [6.45, 7) is 1.42. The molecule has 120 valence electrons. The van der Waals surface area contributed by atoms with Gasteiger partial charge in [0, 0.05) is 30.1 Å². The number of amides is 2. The van der Waals surface area contributed by atoms with Crippen LogP contribution in [-0.4, -0.2) is 39.1 Å². The van der Waals surface area contributed by atoms with E-state index in [9.17, 15) is 9.59 Å². The fraction of sp³-hybridized carbons (Fsp3) is 0.353. The third kappa shape index (κ3) is 3.41. The van der Waals surface area contributed by atoms with Crippen LogP contribution in [0.2, 0.25) is 0 Å². The lowest BCUT2D eigenvalue weighted by molar-refractivity contribution is 0.0584. The fourth-order valence-electron chi connectivity index (χ4n) is 3.05. The largest absolute Gasteiger partial charge is 0.366 e. The highest BCUT2D eigenvalue weighted by Gasteiger charge is 2.28. The van der Waals surface area contributed by atoms with Crippen LogP contribution in [0.25, 0.3) is 0 Å². The van der Waals surface area contributed by atoms with Crippen LogP contribution in [0.15, 0.2) is 42.7 Å². The molecule has 0 radical (unpaired) electrons. The molecule has 23 heavy (non-hydrogen) atoms. The Hall–Kier alpha value is -2.63. The molecule has 2 N–H and O–H groups in total. The maximum Gasteiger partial charge on any atom is 0.254 e. The smallest absolute Gasteiger partial charge is 0.254 e. The van der Waals surface area contributed by atoms with E-state index in [-0.39, 0.29) is 11.9 Å². The Morgan fingerprint density at radius 3 is 2.78 bits per heavy atom. The molecule has 1 aromatic carbocycles. The van der Waals surface area contributed by atoms with Crippen LogP contribution in [0.4, 0.5) is 0 Å². The second-order valence-electron chi connectivity index (χ2n) is 5.82. The standard InChI is InChI=1S/C17H20N4O2/c18-16(22)13-5-3-6-14(11-13)17(23)21-10-2-1-7-15(21)12-20-9-4-8-19-20/h3-6,8-9,11,15H,1-2,7,10,12H2,(H2,18,22)/t15-/m1/s1. The van der Waals surface area contributed by atoms with Crippen molar-refractivity contribution in [3.63, 3.8) is 0 Å². The van der Waals surface area contributed by atoms with E-state index in [1.165, 1.54) is 0 Å². The summed E-state index contributed by atoms with van der Waals surface area (Å²) in [7, 11) is 0. The lowest BCUT2D eigenvalue weighted by Gasteiger charge is -2.35. The molecule has 0 saturated carbocycles. The lowest BCUT2D eigenvalue weighted by atomic mass is 10.00. The van der Waals surface area contributed by atoms with Gasteiger partial charge in [0.1, 0.15) is 0 Å². The topological polar surface area (TPSA) is 81.2 Å². The van der Waals surface area contributed by atoms with E-state index in [4.69, 9.17) is 5.73 Å².